The molecule has 2 aromatic rings. The van der Waals surface area contributed by atoms with Gasteiger partial charge in [-0.05, 0) is 23.8 Å². The molecular weight excluding hydrogens is 252 g/mol. The first-order valence-corrected chi connectivity index (χ1v) is 5.68. The normalized spacial score (nSPS) is 9.50. The molecule has 0 fully saturated rings. The van der Waals surface area contributed by atoms with Crippen LogP contribution >= 0.6 is 0 Å². The molecule has 0 radical (unpaired) electrons. The van der Waals surface area contributed by atoms with Crippen LogP contribution in [0.15, 0.2) is 36.4 Å². The van der Waals surface area contributed by atoms with Gasteiger partial charge in [-0.1, -0.05) is 24.0 Å². The lowest BCUT2D eigenvalue weighted by Gasteiger charge is -2.07. The number of nitro groups is 1. The lowest BCUT2D eigenvalue weighted by atomic mass is 9.99. The Morgan fingerprint density at radius 2 is 1.75 bits per heavy atom. The average molecular weight is 262 g/mol. The number of nitro benzene ring substituents is 1. The quantitative estimate of drug-likeness (QED) is 0.391. The molecule has 20 heavy (non-hydrogen) atoms. The highest BCUT2D eigenvalue weighted by atomic mass is 16.6. The molecule has 0 aliphatic rings. The second-order valence-electron chi connectivity index (χ2n) is 4.08. The second-order valence-corrected chi connectivity index (χ2v) is 4.08. The Hall–Kier alpha value is -3.24. The number of anilines is 1. The molecule has 0 aliphatic heterocycles. The minimum Gasteiger partial charge on any atom is -0.398 e. The smallest absolute Gasteiger partial charge is 0.285 e. The van der Waals surface area contributed by atoms with Gasteiger partial charge in [-0.15, -0.1) is 12.8 Å². The van der Waals surface area contributed by atoms with Crippen molar-refractivity contribution in [3.63, 3.8) is 0 Å². The number of benzene rings is 2. The van der Waals surface area contributed by atoms with Crippen LogP contribution in [0.4, 0.5) is 11.4 Å². The highest BCUT2D eigenvalue weighted by Crippen LogP contribution is 2.32. The number of nitrogens with zero attached hydrogens (tertiary/aromatic N) is 1. The van der Waals surface area contributed by atoms with Gasteiger partial charge in [-0.3, -0.25) is 10.1 Å². The summed E-state index contributed by atoms with van der Waals surface area (Å²) < 4.78 is 0. The fraction of sp³-hybridized carbons (Fsp3) is 0. The van der Waals surface area contributed by atoms with Crippen LogP contribution in [-0.2, 0) is 0 Å². The minimum atomic E-state index is -0.520. The third-order valence-corrected chi connectivity index (χ3v) is 2.88. The largest absolute Gasteiger partial charge is 0.398 e. The maximum atomic E-state index is 11.0. The van der Waals surface area contributed by atoms with Crippen molar-refractivity contribution in [2.75, 3.05) is 5.73 Å². The topological polar surface area (TPSA) is 69.2 Å². The van der Waals surface area contributed by atoms with Gasteiger partial charge in [0.25, 0.3) is 5.69 Å². The number of nitrogen functional groups attached to an aromatic ring is 1. The van der Waals surface area contributed by atoms with E-state index in [1.165, 1.54) is 12.1 Å². The van der Waals surface area contributed by atoms with Crippen LogP contribution in [-0.4, -0.2) is 4.92 Å². The Balaban J connectivity index is 2.62. The molecule has 4 nitrogen and oxygen atoms in total. The van der Waals surface area contributed by atoms with Crippen molar-refractivity contribution in [3.05, 3.63) is 57.6 Å². The summed E-state index contributed by atoms with van der Waals surface area (Å²) in [5, 5.41) is 11.0. The first kappa shape index (κ1) is 13.2. The molecular formula is C16H10N2O2. The number of hydrogen-bond donors (Lipinski definition) is 1. The van der Waals surface area contributed by atoms with E-state index < -0.39 is 4.92 Å². The fourth-order valence-electron chi connectivity index (χ4n) is 1.87. The third kappa shape index (κ3) is 2.31. The first-order valence-electron chi connectivity index (χ1n) is 5.68. The van der Waals surface area contributed by atoms with Gasteiger partial charge in [0.05, 0.1) is 4.92 Å². The molecule has 2 N–H and O–H groups in total. The summed E-state index contributed by atoms with van der Waals surface area (Å²) in [5.74, 6) is 4.77. The average Bonchev–Trinajstić information content (AvgIpc) is 2.46. The van der Waals surface area contributed by atoms with E-state index in [-0.39, 0.29) is 11.3 Å². The van der Waals surface area contributed by atoms with Crippen molar-refractivity contribution in [1.82, 2.24) is 0 Å². The molecule has 0 bridgehead atoms. The number of terminal acetylenes is 2. The molecule has 96 valence electrons. The summed E-state index contributed by atoms with van der Waals surface area (Å²) in [5.41, 5.74) is 8.34. The second kappa shape index (κ2) is 5.17. The van der Waals surface area contributed by atoms with E-state index >= 15 is 0 Å². The summed E-state index contributed by atoms with van der Waals surface area (Å²) in [6.07, 6.45) is 10.5. The zero-order valence-electron chi connectivity index (χ0n) is 10.5. The van der Waals surface area contributed by atoms with Crippen LogP contribution in [0.2, 0.25) is 0 Å². The highest BCUT2D eigenvalue weighted by Gasteiger charge is 2.16. The van der Waals surface area contributed by atoms with Crippen molar-refractivity contribution < 1.29 is 4.92 Å². The molecule has 0 atom stereocenters. The van der Waals surface area contributed by atoms with E-state index in [2.05, 4.69) is 11.8 Å². The van der Waals surface area contributed by atoms with Gasteiger partial charge in [-0.25, -0.2) is 0 Å². The monoisotopic (exact) mass is 262 g/mol. The fourth-order valence-corrected chi connectivity index (χ4v) is 1.87. The summed E-state index contributed by atoms with van der Waals surface area (Å²) >= 11 is 0. The summed E-state index contributed by atoms with van der Waals surface area (Å²) in [6, 6.07) is 9.84. The highest BCUT2D eigenvalue weighted by molar-refractivity contribution is 5.81. The van der Waals surface area contributed by atoms with Gasteiger partial charge in [0.2, 0.25) is 0 Å². The zero-order chi connectivity index (χ0) is 14.7. The lowest BCUT2D eigenvalue weighted by molar-refractivity contribution is -0.385. The van der Waals surface area contributed by atoms with Crippen molar-refractivity contribution >= 4 is 11.4 Å². The number of nitrogens with two attached hydrogens (primary N) is 1. The van der Waals surface area contributed by atoms with Gasteiger partial charge in [0.1, 0.15) is 5.56 Å². The molecule has 0 aromatic heterocycles. The molecule has 0 spiro atoms. The zero-order valence-corrected chi connectivity index (χ0v) is 10.5. The Morgan fingerprint density at radius 3 is 2.25 bits per heavy atom. The molecule has 0 saturated heterocycles. The van der Waals surface area contributed by atoms with E-state index in [9.17, 15) is 10.1 Å². The van der Waals surface area contributed by atoms with E-state index in [0.717, 1.165) is 11.1 Å². The minimum absolute atomic E-state index is 0.141. The van der Waals surface area contributed by atoms with Crippen LogP contribution in [0.1, 0.15) is 11.1 Å². The van der Waals surface area contributed by atoms with Crippen LogP contribution in [0.5, 0.6) is 0 Å². The van der Waals surface area contributed by atoms with Crippen molar-refractivity contribution in [2.45, 2.75) is 0 Å². The van der Waals surface area contributed by atoms with E-state index in [0.29, 0.717) is 11.3 Å². The van der Waals surface area contributed by atoms with Crippen molar-refractivity contribution in [3.8, 4) is 35.8 Å². The van der Waals surface area contributed by atoms with Crippen molar-refractivity contribution in [1.29, 1.82) is 0 Å². The number of rotatable bonds is 2. The molecule has 2 aromatic carbocycles. The van der Waals surface area contributed by atoms with Gasteiger partial charge in [0.15, 0.2) is 0 Å². The Labute approximate surface area is 116 Å². The maximum Gasteiger partial charge on any atom is 0.285 e. The summed E-state index contributed by atoms with van der Waals surface area (Å²) in [7, 11) is 0. The van der Waals surface area contributed by atoms with Gasteiger partial charge in [0, 0.05) is 22.9 Å². The number of hydrogen-bond acceptors (Lipinski definition) is 3. The molecule has 0 amide bonds. The lowest BCUT2D eigenvalue weighted by Crippen LogP contribution is -1.97. The van der Waals surface area contributed by atoms with E-state index in [1.807, 2.05) is 0 Å². The summed E-state index contributed by atoms with van der Waals surface area (Å²) in [4.78, 5) is 10.5. The predicted molar refractivity (Wildman–Crippen MR) is 78.8 cm³/mol. The van der Waals surface area contributed by atoms with Crippen LogP contribution in [0.3, 0.4) is 0 Å². The van der Waals surface area contributed by atoms with Crippen LogP contribution in [0.25, 0.3) is 11.1 Å². The van der Waals surface area contributed by atoms with Crippen molar-refractivity contribution in [2.24, 2.45) is 0 Å². The molecule has 0 aliphatic carbocycles. The maximum absolute atomic E-state index is 11.0. The van der Waals surface area contributed by atoms with E-state index in [1.54, 1.807) is 24.3 Å². The summed E-state index contributed by atoms with van der Waals surface area (Å²) in [6.45, 7) is 0. The third-order valence-electron chi connectivity index (χ3n) is 2.88. The van der Waals surface area contributed by atoms with Gasteiger partial charge in [-0.2, -0.15) is 0 Å². The van der Waals surface area contributed by atoms with Gasteiger partial charge < -0.3 is 5.73 Å². The molecule has 0 unspecified atom stereocenters. The molecule has 0 heterocycles. The van der Waals surface area contributed by atoms with E-state index in [4.69, 9.17) is 18.6 Å². The molecule has 2 rings (SSSR count). The molecule has 4 heteroatoms. The first-order chi connectivity index (χ1) is 9.56. The SMILES string of the molecule is C#Cc1ccc(-c2cc([N+](=O)[O-])c(C#C)cc2N)cc1. The Kier molecular flexibility index (Phi) is 3.41. The Morgan fingerprint density at radius 1 is 1.10 bits per heavy atom. The standard InChI is InChI=1S/C16H10N2O2/c1-3-11-5-7-13(8-6-11)14-10-16(18(19)20)12(4-2)9-15(14)17/h1-2,5-10H,17H2. The predicted octanol–water partition coefficient (Wildman–Crippen LogP) is 2.81. The van der Waals surface area contributed by atoms with Crippen LogP contribution in [0, 0.1) is 34.8 Å². The van der Waals surface area contributed by atoms with Gasteiger partial charge >= 0.3 is 0 Å². The van der Waals surface area contributed by atoms with Crippen LogP contribution < -0.4 is 5.73 Å². The molecule has 0 saturated carbocycles. The Bertz CT molecular complexity index is 763.